The van der Waals surface area contributed by atoms with Gasteiger partial charge in [-0.05, 0) is 18.2 Å². The molecule has 0 unspecified atom stereocenters. The fraction of sp³-hybridized carbons (Fsp3) is 0.286. The maximum atomic E-state index is 11.9. The van der Waals surface area contributed by atoms with Crippen LogP contribution in [0.25, 0.3) is 0 Å². The van der Waals surface area contributed by atoms with Crippen molar-refractivity contribution in [3.05, 3.63) is 42.5 Å². The highest BCUT2D eigenvalue weighted by Crippen LogP contribution is 2.17. The summed E-state index contributed by atoms with van der Waals surface area (Å²) < 4.78 is 1.84. The third kappa shape index (κ3) is 3.34. The summed E-state index contributed by atoms with van der Waals surface area (Å²) in [6, 6.07) is 7.74. The van der Waals surface area contributed by atoms with E-state index in [0.29, 0.717) is 0 Å². The lowest BCUT2D eigenvalue weighted by Gasteiger charge is -2.14. The fourth-order valence-electron chi connectivity index (χ4n) is 1.78. The smallest absolute Gasteiger partial charge is 0.231 e. The highest BCUT2D eigenvalue weighted by atomic mass is 16.1. The minimum atomic E-state index is -0.0646. The molecule has 1 aromatic carbocycles. The van der Waals surface area contributed by atoms with E-state index in [0.717, 1.165) is 17.2 Å². The van der Waals surface area contributed by atoms with E-state index in [2.05, 4.69) is 10.3 Å². The van der Waals surface area contributed by atoms with Crippen molar-refractivity contribution in [3.8, 4) is 0 Å². The van der Waals surface area contributed by atoms with Gasteiger partial charge in [-0.15, -0.1) is 0 Å². The molecule has 2 rings (SSSR count). The second-order valence-corrected chi connectivity index (χ2v) is 4.62. The van der Waals surface area contributed by atoms with Crippen LogP contribution in [-0.4, -0.2) is 29.6 Å². The lowest BCUT2D eigenvalue weighted by Crippen LogP contribution is -2.17. The van der Waals surface area contributed by atoms with Crippen molar-refractivity contribution in [2.45, 2.75) is 6.42 Å². The summed E-state index contributed by atoms with van der Waals surface area (Å²) in [5.74, 6) is 0.687. The molecule has 1 amide bonds. The van der Waals surface area contributed by atoms with Gasteiger partial charge in [-0.1, -0.05) is 6.07 Å². The number of carbonyl (C=O) groups is 1. The zero-order valence-electron chi connectivity index (χ0n) is 11.4. The summed E-state index contributed by atoms with van der Waals surface area (Å²) in [7, 11) is 5.81. The van der Waals surface area contributed by atoms with Crippen LogP contribution in [0.5, 0.6) is 0 Å². The van der Waals surface area contributed by atoms with Crippen molar-refractivity contribution < 1.29 is 4.79 Å². The van der Waals surface area contributed by atoms with Gasteiger partial charge in [0.25, 0.3) is 0 Å². The first-order chi connectivity index (χ1) is 9.06. The van der Waals surface area contributed by atoms with Gasteiger partial charge in [0.2, 0.25) is 5.91 Å². The van der Waals surface area contributed by atoms with Gasteiger partial charge in [0.1, 0.15) is 5.82 Å². The van der Waals surface area contributed by atoms with Crippen LogP contribution in [0.15, 0.2) is 36.7 Å². The molecule has 1 heterocycles. The van der Waals surface area contributed by atoms with Crippen molar-refractivity contribution in [2.75, 3.05) is 24.3 Å². The Morgan fingerprint density at radius 2 is 2.21 bits per heavy atom. The van der Waals surface area contributed by atoms with E-state index >= 15 is 0 Å². The van der Waals surface area contributed by atoms with Crippen molar-refractivity contribution in [2.24, 2.45) is 7.05 Å². The molecule has 1 aromatic heterocycles. The van der Waals surface area contributed by atoms with Crippen molar-refractivity contribution in [1.82, 2.24) is 9.55 Å². The van der Waals surface area contributed by atoms with E-state index in [-0.39, 0.29) is 12.3 Å². The maximum Gasteiger partial charge on any atom is 0.231 e. The molecule has 0 aliphatic carbocycles. The molecule has 0 atom stereocenters. The standard InChI is InChI=1S/C14H18N4O/c1-17(2)12-6-4-5-11(9-12)16-14(19)10-13-15-7-8-18(13)3/h4-9H,10H2,1-3H3,(H,16,19). The molecule has 0 aliphatic heterocycles. The van der Waals surface area contributed by atoms with E-state index in [1.165, 1.54) is 0 Å². The molecule has 5 heteroatoms. The fourth-order valence-corrected chi connectivity index (χ4v) is 1.78. The average Bonchev–Trinajstić information content (AvgIpc) is 2.75. The number of aryl methyl sites for hydroxylation is 1. The van der Waals surface area contributed by atoms with Crippen molar-refractivity contribution >= 4 is 17.3 Å². The SMILES string of the molecule is CN(C)c1cccc(NC(=O)Cc2nccn2C)c1. The molecular formula is C14H18N4O. The predicted octanol–water partition coefficient (Wildman–Crippen LogP) is 1.67. The predicted molar refractivity (Wildman–Crippen MR) is 76.3 cm³/mol. The largest absolute Gasteiger partial charge is 0.378 e. The average molecular weight is 258 g/mol. The van der Waals surface area contributed by atoms with Crippen LogP contribution in [0.1, 0.15) is 5.82 Å². The van der Waals surface area contributed by atoms with Gasteiger partial charge in [0.05, 0.1) is 6.42 Å². The first kappa shape index (κ1) is 13.1. The quantitative estimate of drug-likeness (QED) is 0.907. The van der Waals surface area contributed by atoms with Crippen LogP contribution < -0.4 is 10.2 Å². The van der Waals surface area contributed by atoms with E-state index < -0.39 is 0 Å². The van der Waals surface area contributed by atoms with Gasteiger partial charge in [-0.25, -0.2) is 4.98 Å². The van der Waals surface area contributed by atoms with E-state index in [1.807, 2.05) is 61.1 Å². The third-order valence-corrected chi connectivity index (χ3v) is 2.89. The number of carbonyl (C=O) groups excluding carboxylic acids is 1. The second kappa shape index (κ2) is 5.56. The summed E-state index contributed by atoms with van der Waals surface area (Å²) in [6.07, 6.45) is 3.79. The maximum absolute atomic E-state index is 11.9. The summed E-state index contributed by atoms with van der Waals surface area (Å²) in [4.78, 5) is 18.1. The lowest BCUT2D eigenvalue weighted by molar-refractivity contribution is -0.115. The topological polar surface area (TPSA) is 50.2 Å². The van der Waals surface area contributed by atoms with Gasteiger partial charge < -0.3 is 14.8 Å². The molecule has 5 nitrogen and oxygen atoms in total. The van der Waals surface area contributed by atoms with Gasteiger partial charge in [0.15, 0.2) is 0 Å². The number of hydrogen-bond acceptors (Lipinski definition) is 3. The van der Waals surface area contributed by atoms with Gasteiger partial charge in [-0.2, -0.15) is 0 Å². The number of hydrogen-bond donors (Lipinski definition) is 1. The Bertz CT molecular complexity index is 574. The van der Waals surface area contributed by atoms with Crippen LogP contribution in [0.3, 0.4) is 0 Å². The molecule has 0 radical (unpaired) electrons. The highest BCUT2D eigenvalue weighted by molar-refractivity contribution is 5.92. The Hall–Kier alpha value is -2.30. The molecule has 0 bridgehead atoms. The van der Waals surface area contributed by atoms with Crippen LogP contribution in [-0.2, 0) is 18.3 Å². The van der Waals surface area contributed by atoms with Crippen molar-refractivity contribution in [1.29, 1.82) is 0 Å². The minimum absolute atomic E-state index is 0.0646. The Morgan fingerprint density at radius 3 is 2.84 bits per heavy atom. The summed E-state index contributed by atoms with van der Waals surface area (Å²) >= 11 is 0. The van der Waals surface area contributed by atoms with Crippen LogP contribution in [0, 0.1) is 0 Å². The normalized spacial score (nSPS) is 10.3. The molecule has 0 fully saturated rings. The van der Waals surface area contributed by atoms with E-state index in [9.17, 15) is 4.79 Å². The Balaban J connectivity index is 2.03. The Labute approximate surface area is 112 Å². The van der Waals surface area contributed by atoms with E-state index in [1.54, 1.807) is 6.20 Å². The molecular weight excluding hydrogens is 240 g/mol. The molecule has 0 spiro atoms. The monoisotopic (exact) mass is 258 g/mol. The number of aromatic nitrogens is 2. The summed E-state index contributed by atoms with van der Waals surface area (Å²) in [5.41, 5.74) is 1.85. The Morgan fingerprint density at radius 1 is 1.42 bits per heavy atom. The van der Waals surface area contributed by atoms with Crippen molar-refractivity contribution in [3.63, 3.8) is 0 Å². The number of benzene rings is 1. The van der Waals surface area contributed by atoms with Gasteiger partial charge in [0, 0.05) is 44.9 Å². The molecule has 0 saturated heterocycles. The molecule has 100 valence electrons. The number of anilines is 2. The van der Waals surface area contributed by atoms with Crippen LogP contribution in [0.4, 0.5) is 11.4 Å². The molecule has 2 aromatic rings. The minimum Gasteiger partial charge on any atom is -0.378 e. The molecule has 0 aliphatic rings. The molecule has 1 N–H and O–H groups in total. The van der Waals surface area contributed by atoms with Crippen LogP contribution in [0.2, 0.25) is 0 Å². The zero-order chi connectivity index (χ0) is 13.8. The second-order valence-electron chi connectivity index (χ2n) is 4.62. The van der Waals surface area contributed by atoms with E-state index in [4.69, 9.17) is 0 Å². The number of nitrogens with one attached hydrogen (secondary N) is 1. The van der Waals surface area contributed by atoms with Gasteiger partial charge in [-0.3, -0.25) is 4.79 Å². The number of rotatable bonds is 4. The summed E-state index contributed by atoms with van der Waals surface area (Å²) in [6.45, 7) is 0. The summed E-state index contributed by atoms with van der Waals surface area (Å²) in [5, 5.41) is 2.88. The molecule has 19 heavy (non-hydrogen) atoms. The highest BCUT2D eigenvalue weighted by Gasteiger charge is 2.08. The van der Waals surface area contributed by atoms with Crippen LogP contribution >= 0.6 is 0 Å². The zero-order valence-corrected chi connectivity index (χ0v) is 11.4. The first-order valence-corrected chi connectivity index (χ1v) is 6.09. The van der Waals surface area contributed by atoms with Gasteiger partial charge >= 0.3 is 0 Å². The lowest BCUT2D eigenvalue weighted by atomic mass is 10.2. The third-order valence-electron chi connectivity index (χ3n) is 2.89. The first-order valence-electron chi connectivity index (χ1n) is 6.09. The number of imidazole rings is 1. The molecule has 0 saturated carbocycles. The number of nitrogens with zero attached hydrogens (tertiary/aromatic N) is 3. The number of amides is 1. The Kier molecular flexibility index (Phi) is 3.85.